The van der Waals surface area contributed by atoms with Crippen LogP contribution in [0.1, 0.15) is 22.3 Å². The Morgan fingerprint density at radius 2 is 1.88 bits per heavy atom. The Kier molecular flexibility index (Phi) is 4.03. The van der Waals surface area contributed by atoms with Crippen molar-refractivity contribution in [1.29, 1.82) is 0 Å². The summed E-state index contributed by atoms with van der Waals surface area (Å²) in [5.74, 6) is -2.66. The Morgan fingerprint density at radius 3 is 2.62 bits per heavy atom. The molecule has 4 rings (SSSR count). The fourth-order valence-corrected chi connectivity index (χ4v) is 3.27. The van der Waals surface area contributed by atoms with Crippen molar-refractivity contribution in [3.63, 3.8) is 0 Å². The summed E-state index contributed by atoms with van der Waals surface area (Å²) >= 11 is 0. The zero-order valence-corrected chi connectivity index (χ0v) is 13.7. The van der Waals surface area contributed by atoms with Crippen molar-refractivity contribution >= 4 is 22.4 Å². The van der Waals surface area contributed by atoms with E-state index in [9.17, 15) is 18.0 Å². The summed E-state index contributed by atoms with van der Waals surface area (Å²) in [5.41, 5.74) is 2.91. The monoisotopic (exact) mass is 356 g/mol. The van der Waals surface area contributed by atoms with Gasteiger partial charge in [0.2, 0.25) is 0 Å². The zero-order valence-electron chi connectivity index (χ0n) is 13.7. The molecule has 2 aromatic carbocycles. The van der Waals surface area contributed by atoms with Crippen molar-refractivity contribution in [2.24, 2.45) is 0 Å². The molecule has 26 heavy (non-hydrogen) atoms. The number of carbonyl (C=O) groups is 1. The number of nitrogens with zero attached hydrogens (tertiary/aromatic N) is 1. The Bertz CT molecular complexity index is 1040. The van der Waals surface area contributed by atoms with Gasteiger partial charge in [-0.2, -0.15) is 0 Å². The number of rotatable bonds is 2. The normalized spacial score (nSPS) is 14.6. The van der Waals surface area contributed by atoms with Crippen LogP contribution in [0.25, 0.3) is 16.5 Å². The van der Waals surface area contributed by atoms with Crippen molar-refractivity contribution in [3.8, 4) is 0 Å². The summed E-state index contributed by atoms with van der Waals surface area (Å²) in [6.07, 6.45) is 4.34. The lowest BCUT2D eigenvalue weighted by molar-refractivity contribution is 0.0772. The van der Waals surface area contributed by atoms with Crippen LogP contribution in [0.2, 0.25) is 0 Å². The van der Waals surface area contributed by atoms with Gasteiger partial charge in [-0.05, 0) is 48.4 Å². The highest BCUT2D eigenvalue weighted by atomic mass is 19.2. The van der Waals surface area contributed by atoms with E-state index in [0.717, 1.165) is 34.2 Å². The first kappa shape index (κ1) is 16.4. The van der Waals surface area contributed by atoms with Crippen LogP contribution >= 0.6 is 0 Å². The van der Waals surface area contributed by atoms with E-state index >= 15 is 0 Å². The summed E-state index contributed by atoms with van der Waals surface area (Å²) < 4.78 is 39.9. The van der Waals surface area contributed by atoms with Gasteiger partial charge in [0.1, 0.15) is 5.82 Å². The highest BCUT2D eigenvalue weighted by Gasteiger charge is 2.21. The van der Waals surface area contributed by atoms with Crippen LogP contribution in [0.3, 0.4) is 0 Å². The Hall–Kier alpha value is -3.02. The molecule has 1 aliphatic rings. The first-order valence-electron chi connectivity index (χ1n) is 8.23. The lowest BCUT2D eigenvalue weighted by Gasteiger charge is -2.26. The van der Waals surface area contributed by atoms with Gasteiger partial charge in [0.15, 0.2) is 11.6 Å². The zero-order chi connectivity index (χ0) is 18.3. The molecule has 0 saturated heterocycles. The molecule has 2 heterocycles. The third kappa shape index (κ3) is 2.87. The highest BCUT2D eigenvalue weighted by Crippen LogP contribution is 2.30. The molecule has 1 N–H and O–H groups in total. The lowest BCUT2D eigenvalue weighted by Crippen LogP contribution is -2.34. The SMILES string of the molecule is O=C(c1ccc(F)c(F)c1)N1CC=C(c2c[nH]c3ccc(F)cc23)CC1. The maximum absolute atomic E-state index is 13.5. The largest absolute Gasteiger partial charge is 0.361 e. The molecule has 1 amide bonds. The first-order chi connectivity index (χ1) is 12.5. The van der Waals surface area contributed by atoms with Crippen molar-refractivity contribution in [1.82, 2.24) is 9.88 Å². The Balaban J connectivity index is 1.56. The number of hydrogen-bond donors (Lipinski definition) is 1. The Morgan fingerprint density at radius 1 is 1.04 bits per heavy atom. The lowest BCUT2D eigenvalue weighted by atomic mass is 9.98. The number of benzene rings is 2. The highest BCUT2D eigenvalue weighted by molar-refractivity contribution is 5.96. The van der Waals surface area contributed by atoms with E-state index in [2.05, 4.69) is 4.98 Å². The fraction of sp³-hybridized carbons (Fsp3) is 0.150. The molecule has 1 aromatic heterocycles. The first-order valence-corrected chi connectivity index (χ1v) is 8.23. The minimum Gasteiger partial charge on any atom is -0.361 e. The average Bonchev–Trinajstić information content (AvgIpc) is 3.06. The number of nitrogens with one attached hydrogen (secondary N) is 1. The molecule has 3 aromatic rings. The number of H-pyrrole nitrogens is 1. The van der Waals surface area contributed by atoms with E-state index in [1.165, 1.54) is 18.2 Å². The van der Waals surface area contributed by atoms with Crippen LogP contribution in [-0.2, 0) is 0 Å². The van der Waals surface area contributed by atoms with Gasteiger partial charge in [0, 0.05) is 41.3 Å². The molecule has 0 saturated carbocycles. The molecule has 1 aliphatic heterocycles. The van der Waals surface area contributed by atoms with Crippen molar-refractivity contribution in [2.75, 3.05) is 13.1 Å². The molecular weight excluding hydrogens is 341 g/mol. The number of halogens is 3. The van der Waals surface area contributed by atoms with E-state index in [1.807, 2.05) is 12.3 Å². The van der Waals surface area contributed by atoms with Gasteiger partial charge < -0.3 is 9.88 Å². The maximum atomic E-state index is 13.5. The summed E-state index contributed by atoms with van der Waals surface area (Å²) in [7, 11) is 0. The quantitative estimate of drug-likeness (QED) is 0.720. The van der Waals surface area contributed by atoms with Crippen LogP contribution in [0.15, 0.2) is 48.7 Å². The molecule has 0 bridgehead atoms. The molecule has 0 unspecified atom stereocenters. The summed E-state index contributed by atoms with van der Waals surface area (Å²) in [6.45, 7) is 0.806. The van der Waals surface area contributed by atoms with Crippen molar-refractivity contribution < 1.29 is 18.0 Å². The van der Waals surface area contributed by atoms with Gasteiger partial charge >= 0.3 is 0 Å². The van der Waals surface area contributed by atoms with Crippen LogP contribution in [0, 0.1) is 17.5 Å². The molecular formula is C20H15F3N2O. The third-order valence-electron chi connectivity index (χ3n) is 4.65. The number of hydrogen-bond acceptors (Lipinski definition) is 1. The molecule has 6 heteroatoms. The van der Waals surface area contributed by atoms with Crippen LogP contribution < -0.4 is 0 Å². The average molecular weight is 356 g/mol. The smallest absolute Gasteiger partial charge is 0.254 e. The van der Waals surface area contributed by atoms with Crippen molar-refractivity contribution in [2.45, 2.75) is 6.42 Å². The number of aromatic amines is 1. The number of carbonyl (C=O) groups excluding carboxylic acids is 1. The van der Waals surface area contributed by atoms with E-state index < -0.39 is 11.6 Å². The van der Waals surface area contributed by atoms with Crippen LogP contribution in [-0.4, -0.2) is 28.9 Å². The van der Waals surface area contributed by atoms with E-state index in [0.29, 0.717) is 19.5 Å². The predicted octanol–water partition coefficient (Wildman–Crippen LogP) is 4.51. The van der Waals surface area contributed by atoms with Crippen molar-refractivity contribution in [3.05, 3.63) is 77.2 Å². The van der Waals surface area contributed by atoms with Gasteiger partial charge in [0.05, 0.1) is 0 Å². The molecule has 132 valence electrons. The summed E-state index contributed by atoms with van der Waals surface area (Å²) in [6, 6.07) is 7.73. The number of amides is 1. The fourth-order valence-electron chi connectivity index (χ4n) is 3.27. The number of aromatic nitrogens is 1. The maximum Gasteiger partial charge on any atom is 0.254 e. The van der Waals surface area contributed by atoms with E-state index in [4.69, 9.17) is 0 Å². The second-order valence-corrected chi connectivity index (χ2v) is 6.25. The van der Waals surface area contributed by atoms with Gasteiger partial charge in [-0.15, -0.1) is 0 Å². The molecule has 0 spiro atoms. The van der Waals surface area contributed by atoms with Crippen LogP contribution in [0.5, 0.6) is 0 Å². The predicted molar refractivity (Wildman–Crippen MR) is 93.1 cm³/mol. The molecule has 0 atom stereocenters. The minimum atomic E-state index is -1.04. The molecule has 0 fully saturated rings. The van der Waals surface area contributed by atoms with Crippen LogP contribution in [0.4, 0.5) is 13.2 Å². The molecule has 0 aliphatic carbocycles. The molecule has 3 nitrogen and oxygen atoms in total. The van der Waals surface area contributed by atoms with E-state index in [-0.39, 0.29) is 17.3 Å². The van der Waals surface area contributed by atoms with Gasteiger partial charge in [-0.25, -0.2) is 13.2 Å². The summed E-state index contributed by atoms with van der Waals surface area (Å²) in [5, 5.41) is 0.802. The third-order valence-corrected chi connectivity index (χ3v) is 4.65. The van der Waals surface area contributed by atoms with Gasteiger partial charge in [-0.1, -0.05) is 6.08 Å². The summed E-state index contributed by atoms with van der Waals surface area (Å²) in [4.78, 5) is 17.2. The standard InChI is InChI=1S/C20H15F3N2O/c21-14-2-4-19-15(10-14)16(11-24-19)12-5-7-25(8-6-12)20(26)13-1-3-17(22)18(23)9-13/h1-5,9-11,24H,6-8H2. The minimum absolute atomic E-state index is 0.120. The van der Waals surface area contributed by atoms with E-state index in [1.54, 1.807) is 11.0 Å². The second kappa shape index (κ2) is 6.37. The second-order valence-electron chi connectivity index (χ2n) is 6.25. The number of fused-ring (bicyclic) bond motifs is 1. The molecule has 0 radical (unpaired) electrons. The Labute approximate surface area is 147 Å². The topological polar surface area (TPSA) is 36.1 Å². The van der Waals surface area contributed by atoms with Gasteiger partial charge in [0.25, 0.3) is 5.91 Å². The van der Waals surface area contributed by atoms with Gasteiger partial charge in [-0.3, -0.25) is 4.79 Å².